The summed E-state index contributed by atoms with van der Waals surface area (Å²) in [6.07, 6.45) is 1.73. The van der Waals surface area contributed by atoms with Crippen molar-refractivity contribution in [1.29, 1.82) is 0 Å². The van der Waals surface area contributed by atoms with E-state index in [9.17, 15) is 0 Å². The molecule has 0 aromatic carbocycles. The highest BCUT2D eigenvalue weighted by atomic mass is 28.4. The van der Waals surface area contributed by atoms with Crippen molar-refractivity contribution in [3.05, 3.63) is 12.7 Å². The predicted octanol–water partition coefficient (Wildman–Crippen LogP) is 2.52. The Morgan fingerprint density at radius 3 is 2.23 bits per heavy atom. The van der Waals surface area contributed by atoms with Crippen molar-refractivity contribution in [2.24, 2.45) is 5.73 Å². The lowest BCUT2D eigenvalue weighted by atomic mass is 10.2. The van der Waals surface area contributed by atoms with E-state index in [1.807, 2.05) is 0 Å². The van der Waals surface area contributed by atoms with E-state index in [0.29, 0.717) is 6.61 Å². The van der Waals surface area contributed by atoms with Gasteiger partial charge >= 0.3 is 0 Å². The maximum absolute atomic E-state index is 5.89. The average Bonchev–Trinajstić information content (AvgIpc) is 1.98. The van der Waals surface area contributed by atoms with E-state index >= 15 is 0 Å². The number of hydrogen-bond donors (Lipinski definition) is 1. The first-order valence-corrected chi connectivity index (χ1v) is 7.63. The van der Waals surface area contributed by atoms with Crippen LogP contribution < -0.4 is 5.73 Å². The molecule has 2 nitrogen and oxygen atoms in total. The van der Waals surface area contributed by atoms with Gasteiger partial charge in [0.15, 0.2) is 8.32 Å². The van der Waals surface area contributed by atoms with Gasteiger partial charge in [-0.2, -0.15) is 0 Å². The second-order valence-corrected chi connectivity index (χ2v) is 9.78. The standard InChI is InChI=1S/C10H23NOSi/c1-7-9(11)8-12-13(5,6)10(2,3)4/h7,9H,1,8,11H2,2-6H3. The van der Waals surface area contributed by atoms with Crippen LogP contribution in [0.25, 0.3) is 0 Å². The second-order valence-electron chi connectivity index (χ2n) is 4.97. The zero-order valence-electron chi connectivity index (χ0n) is 9.55. The minimum absolute atomic E-state index is 0.0332. The molecule has 0 saturated carbocycles. The Hall–Kier alpha value is -0.123. The molecule has 0 aliphatic heterocycles. The summed E-state index contributed by atoms with van der Waals surface area (Å²) in [5.41, 5.74) is 5.70. The molecular weight excluding hydrogens is 178 g/mol. The molecule has 0 saturated heterocycles. The van der Waals surface area contributed by atoms with Gasteiger partial charge in [0.1, 0.15) is 0 Å². The molecule has 1 atom stereocenters. The molecule has 1 unspecified atom stereocenters. The van der Waals surface area contributed by atoms with Crippen LogP contribution in [0.4, 0.5) is 0 Å². The van der Waals surface area contributed by atoms with Gasteiger partial charge in [0.2, 0.25) is 0 Å². The first-order valence-electron chi connectivity index (χ1n) is 4.73. The van der Waals surface area contributed by atoms with Gasteiger partial charge in [-0.1, -0.05) is 26.8 Å². The van der Waals surface area contributed by atoms with E-state index in [0.717, 1.165) is 0 Å². The maximum atomic E-state index is 5.89. The highest BCUT2D eigenvalue weighted by Gasteiger charge is 2.37. The smallest absolute Gasteiger partial charge is 0.192 e. The molecule has 78 valence electrons. The molecule has 0 aromatic heterocycles. The molecular formula is C10H23NOSi. The van der Waals surface area contributed by atoms with Crippen molar-refractivity contribution in [2.75, 3.05) is 6.61 Å². The van der Waals surface area contributed by atoms with Gasteiger partial charge in [-0.3, -0.25) is 0 Å². The van der Waals surface area contributed by atoms with Gasteiger partial charge in [-0.25, -0.2) is 0 Å². The van der Waals surface area contributed by atoms with Crippen molar-refractivity contribution < 1.29 is 4.43 Å². The van der Waals surface area contributed by atoms with Crippen LogP contribution in [0.2, 0.25) is 18.1 Å². The highest BCUT2D eigenvalue weighted by molar-refractivity contribution is 6.74. The van der Waals surface area contributed by atoms with Crippen LogP contribution in [-0.2, 0) is 4.43 Å². The molecule has 13 heavy (non-hydrogen) atoms. The molecule has 0 fully saturated rings. The molecule has 0 spiro atoms. The highest BCUT2D eigenvalue weighted by Crippen LogP contribution is 2.36. The zero-order valence-corrected chi connectivity index (χ0v) is 10.6. The maximum Gasteiger partial charge on any atom is 0.192 e. The van der Waals surface area contributed by atoms with E-state index in [-0.39, 0.29) is 11.1 Å². The topological polar surface area (TPSA) is 35.2 Å². The zero-order chi connectivity index (χ0) is 10.7. The summed E-state index contributed by atoms with van der Waals surface area (Å²) in [6.45, 7) is 15.3. The third kappa shape index (κ3) is 4.07. The van der Waals surface area contributed by atoms with Crippen LogP contribution in [0.15, 0.2) is 12.7 Å². The van der Waals surface area contributed by atoms with Gasteiger partial charge in [-0.05, 0) is 18.1 Å². The van der Waals surface area contributed by atoms with Crippen molar-refractivity contribution >= 4 is 8.32 Å². The summed E-state index contributed by atoms with van der Waals surface area (Å²) in [6, 6.07) is -0.0332. The van der Waals surface area contributed by atoms with Crippen LogP contribution in [0.1, 0.15) is 20.8 Å². The van der Waals surface area contributed by atoms with Crippen molar-refractivity contribution in [3.63, 3.8) is 0 Å². The summed E-state index contributed by atoms with van der Waals surface area (Å²) in [5.74, 6) is 0. The second kappa shape index (κ2) is 4.40. The third-order valence-corrected chi connectivity index (χ3v) is 7.25. The van der Waals surface area contributed by atoms with Gasteiger partial charge < -0.3 is 10.2 Å². The summed E-state index contributed by atoms with van der Waals surface area (Å²) in [5, 5.41) is 0.258. The Morgan fingerprint density at radius 2 is 1.92 bits per heavy atom. The minimum Gasteiger partial charge on any atom is -0.415 e. The Labute approximate surface area is 83.3 Å². The molecule has 0 aliphatic carbocycles. The van der Waals surface area contributed by atoms with Crippen LogP contribution in [0, 0.1) is 0 Å². The number of hydrogen-bond acceptors (Lipinski definition) is 2. The minimum atomic E-state index is -1.61. The first kappa shape index (κ1) is 12.9. The molecule has 3 heteroatoms. The van der Waals surface area contributed by atoms with Gasteiger partial charge in [-0.15, -0.1) is 6.58 Å². The Balaban J connectivity index is 4.11. The average molecular weight is 201 g/mol. The van der Waals surface area contributed by atoms with Crippen molar-refractivity contribution in [1.82, 2.24) is 0 Å². The number of nitrogens with two attached hydrogens (primary N) is 1. The molecule has 2 N–H and O–H groups in total. The van der Waals surface area contributed by atoms with Crippen LogP contribution in [-0.4, -0.2) is 21.0 Å². The Kier molecular flexibility index (Phi) is 4.36. The fourth-order valence-corrected chi connectivity index (χ4v) is 1.63. The summed E-state index contributed by atoms with van der Waals surface area (Å²) < 4.78 is 5.89. The van der Waals surface area contributed by atoms with E-state index in [1.54, 1.807) is 6.08 Å². The molecule has 0 heterocycles. The van der Waals surface area contributed by atoms with Crippen LogP contribution in [0.5, 0.6) is 0 Å². The summed E-state index contributed by atoms with van der Waals surface area (Å²) in [4.78, 5) is 0. The Morgan fingerprint density at radius 1 is 1.46 bits per heavy atom. The lowest BCUT2D eigenvalue weighted by Crippen LogP contribution is -2.43. The third-order valence-electron chi connectivity index (χ3n) is 2.75. The molecule has 0 aromatic rings. The lowest BCUT2D eigenvalue weighted by Gasteiger charge is -2.36. The van der Waals surface area contributed by atoms with Gasteiger partial charge in [0.05, 0.1) is 6.61 Å². The van der Waals surface area contributed by atoms with E-state index < -0.39 is 8.32 Å². The van der Waals surface area contributed by atoms with E-state index in [2.05, 4.69) is 40.4 Å². The quantitative estimate of drug-likeness (QED) is 0.560. The Bertz CT molecular complexity index is 172. The molecule has 0 aliphatic rings. The fraction of sp³-hybridized carbons (Fsp3) is 0.800. The van der Waals surface area contributed by atoms with Gasteiger partial charge in [0.25, 0.3) is 0 Å². The molecule has 0 bridgehead atoms. The van der Waals surface area contributed by atoms with Crippen molar-refractivity contribution in [3.8, 4) is 0 Å². The van der Waals surface area contributed by atoms with Crippen molar-refractivity contribution in [2.45, 2.75) is 44.9 Å². The molecule has 0 amide bonds. The summed E-state index contributed by atoms with van der Waals surface area (Å²) >= 11 is 0. The monoisotopic (exact) mass is 201 g/mol. The van der Waals surface area contributed by atoms with E-state index in [1.165, 1.54) is 0 Å². The largest absolute Gasteiger partial charge is 0.415 e. The summed E-state index contributed by atoms with van der Waals surface area (Å²) in [7, 11) is -1.61. The molecule has 0 radical (unpaired) electrons. The molecule has 0 rings (SSSR count). The van der Waals surface area contributed by atoms with Crippen LogP contribution >= 0.6 is 0 Å². The predicted molar refractivity (Wildman–Crippen MR) is 61.3 cm³/mol. The van der Waals surface area contributed by atoms with Gasteiger partial charge in [0, 0.05) is 6.04 Å². The first-order chi connectivity index (χ1) is 5.70. The lowest BCUT2D eigenvalue weighted by molar-refractivity contribution is 0.278. The fourth-order valence-electron chi connectivity index (χ4n) is 0.589. The normalized spacial score (nSPS) is 15.5. The van der Waals surface area contributed by atoms with E-state index in [4.69, 9.17) is 10.2 Å². The van der Waals surface area contributed by atoms with Crippen LogP contribution in [0.3, 0.4) is 0 Å². The number of rotatable bonds is 4. The SMILES string of the molecule is C=CC(N)CO[Si](C)(C)C(C)(C)C.